The molecule has 0 spiro atoms. The van der Waals surface area contributed by atoms with Gasteiger partial charge in [-0.1, -0.05) is 23.2 Å². The number of hydrogen-bond acceptors (Lipinski definition) is 6. The highest BCUT2D eigenvalue weighted by Gasteiger charge is 2.57. The van der Waals surface area contributed by atoms with Crippen LogP contribution in [0.3, 0.4) is 0 Å². The van der Waals surface area contributed by atoms with Gasteiger partial charge in [-0.15, -0.1) is 0 Å². The van der Waals surface area contributed by atoms with E-state index in [0.29, 0.717) is 0 Å². The fourth-order valence-corrected chi connectivity index (χ4v) is 2.94. The van der Waals surface area contributed by atoms with Crippen LogP contribution in [0.2, 0.25) is 10.0 Å². The zero-order valence-corrected chi connectivity index (χ0v) is 15.7. The Bertz CT molecular complexity index is 989. The van der Waals surface area contributed by atoms with Crippen molar-refractivity contribution >= 4 is 40.9 Å². The highest BCUT2D eigenvalue weighted by atomic mass is 35.5. The minimum absolute atomic E-state index is 0.0346. The third kappa shape index (κ3) is 3.57. The maximum Gasteiger partial charge on any atom is 0.311 e. The van der Waals surface area contributed by atoms with Gasteiger partial charge in [0.1, 0.15) is 23.0 Å². The molecule has 1 amide bonds. The van der Waals surface area contributed by atoms with E-state index in [-0.39, 0.29) is 21.6 Å². The van der Waals surface area contributed by atoms with E-state index < -0.39 is 41.5 Å². The average molecular weight is 434 g/mol. The number of hydrogen-bond donors (Lipinski definition) is 2. The van der Waals surface area contributed by atoms with Crippen LogP contribution in [-0.4, -0.2) is 34.4 Å². The maximum absolute atomic E-state index is 14.4. The molecule has 0 saturated carbocycles. The number of nitrogens with two attached hydrogens (primary N) is 1. The van der Waals surface area contributed by atoms with Crippen LogP contribution in [0.4, 0.5) is 19.0 Å². The number of amidine groups is 1. The molecule has 3 N–H and O–H groups in total. The molecule has 0 saturated heterocycles. The second-order valence-electron chi connectivity index (χ2n) is 5.98. The molecule has 28 heavy (non-hydrogen) atoms. The smallest absolute Gasteiger partial charge is 0.311 e. The molecule has 1 aliphatic heterocycles. The summed E-state index contributed by atoms with van der Waals surface area (Å²) >= 11 is 11.6. The van der Waals surface area contributed by atoms with Gasteiger partial charge in [0.15, 0.2) is 12.1 Å². The van der Waals surface area contributed by atoms with Crippen LogP contribution in [0.1, 0.15) is 23.1 Å². The van der Waals surface area contributed by atoms with Gasteiger partial charge in [-0.25, -0.2) is 19.4 Å². The van der Waals surface area contributed by atoms with Gasteiger partial charge in [-0.05, 0) is 25.1 Å². The molecule has 0 unspecified atom stereocenters. The normalized spacial score (nSPS) is 20.9. The fourth-order valence-electron chi connectivity index (χ4n) is 2.48. The highest BCUT2D eigenvalue weighted by molar-refractivity contribution is 6.36. The van der Waals surface area contributed by atoms with Crippen molar-refractivity contribution in [3.05, 3.63) is 51.6 Å². The van der Waals surface area contributed by atoms with E-state index in [2.05, 4.69) is 25.0 Å². The molecule has 2 aromatic heterocycles. The number of nitrogens with zero attached hydrogens (tertiary/aromatic N) is 3. The predicted octanol–water partition coefficient (Wildman–Crippen LogP) is 3.37. The lowest BCUT2D eigenvalue weighted by atomic mass is 9.89. The first-order valence-corrected chi connectivity index (χ1v) is 8.44. The summed E-state index contributed by atoms with van der Waals surface area (Å²) in [5.74, 6) is -5.67. The summed E-state index contributed by atoms with van der Waals surface area (Å²) in [6.07, 6.45) is 1.20. The summed E-state index contributed by atoms with van der Waals surface area (Å²) in [4.78, 5) is 23.5. The Hall–Kier alpha value is -2.59. The second kappa shape index (κ2) is 7.10. The van der Waals surface area contributed by atoms with E-state index in [0.717, 1.165) is 19.1 Å². The number of carbonyl (C=O) groups excluding carboxylic acids is 1. The molecule has 0 bridgehead atoms. The van der Waals surface area contributed by atoms with Crippen LogP contribution in [0.25, 0.3) is 0 Å². The summed E-state index contributed by atoms with van der Waals surface area (Å²) in [5.41, 5.74) is 2.06. The molecule has 2 aromatic rings. The number of rotatable bonds is 3. The Labute approximate surface area is 166 Å². The first kappa shape index (κ1) is 20.2. The van der Waals surface area contributed by atoms with Crippen molar-refractivity contribution in [2.24, 2.45) is 10.7 Å². The number of amides is 1. The quantitative estimate of drug-likeness (QED) is 0.772. The number of aromatic nitrogens is 2. The number of pyridine rings is 2. The standard InChI is InChI=1S/C16H12Cl2F3N5O2/c1-15(16(20,21)6-28-14(22)26-15)12-9(19)2-3-10(24-12)25-13(27)11-8(18)4-7(17)5-23-11/h2-5H,6H2,1H3,(H2,22,26)(H,24,25,27)/t15-/m1/s1. The first-order valence-electron chi connectivity index (χ1n) is 7.69. The summed E-state index contributed by atoms with van der Waals surface area (Å²) in [6, 6.07) is 2.74. The predicted molar refractivity (Wildman–Crippen MR) is 96.3 cm³/mol. The number of halogens is 5. The molecule has 148 valence electrons. The Morgan fingerprint density at radius 2 is 2.07 bits per heavy atom. The maximum atomic E-state index is 14.4. The molecule has 12 heteroatoms. The Morgan fingerprint density at radius 1 is 1.36 bits per heavy atom. The van der Waals surface area contributed by atoms with Gasteiger partial charge in [0, 0.05) is 6.20 Å². The second-order valence-corrected chi connectivity index (χ2v) is 6.82. The van der Waals surface area contributed by atoms with Gasteiger partial charge in [0.05, 0.1) is 10.0 Å². The lowest BCUT2D eigenvalue weighted by Gasteiger charge is -2.36. The molecule has 0 radical (unpaired) electrons. The number of anilines is 1. The molecule has 0 aliphatic carbocycles. The van der Waals surface area contributed by atoms with Gasteiger partial charge in [0.25, 0.3) is 11.9 Å². The summed E-state index contributed by atoms with van der Waals surface area (Å²) in [7, 11) is 0. The first-order chi connectivity index (χ1) is 13.0. The van der Waals surface area contributed by atoms with Crippen molar-refractivity contribution in [3.63, 3.8) is 0 Å². The lowest BCUT2D eigenvalue weighted by molar-refractivity contribution is -0.118. The Balaban J connectivity index is 1.98. The molecule has 7 nitrogen and oxygen atoms in total. The van der Waals surface area contributed by atoms with E-state index in [1.807, 2.05) is 0 Å². The van der Waals surface area contributed by atoms with E-state index in [4.69, 9.17) is 28.9 Å². The van der Waals surface area contributed by atoms with E-state index in [1.165, 1.54) is 12.3 Å². The van der Waals surface area contributed by atoms with E-state index >= 15 is 0 Å². The van der Waals surface area contributed by atoms with Gasteiger partial charge in [0.2, 0.25) is 0 Å². The number of nitrogens with one attached hydrogen (secondary N) is 1. The third-order valence-corrected chi connectivity index (χ3v) is 4.51. The van der Waals surface area contributed by atoms with Crippen LogP contribution in [0, 0.1) is 5.82 Å². The van der Waals surface area contributed by atoms with Gasteiger partial charge < -0.3 is 15.8 Å². The van der Waals surface area contributed by atoms with E-state index in [9.17, 15) is 18.0 Å². The summed E-state index contributed by atoms with van der Waals surface area (Å²) in [6.45, 7) is -0.127. The van der Waals surface area contributed by atoms with Crippen LogP contribution in [-0.2, 0) is 10.3 Å². The zero-order valence-electron chi connectivity index (χ0n) is 14.1. The minimum Gasteiger partial charge on any atom is -0.459 e. The van der Waals surface area contributed by atoms with Crippen molar-refractivity contribution < 1.29 is 22.7 Å². The summed E-state index contributed by atoms with van der Waals surface area (Å²) < 4.78 is 47.7. The van der Waals surface area contributed by atoms with Gasteiger partial charge in [-0.2, -0.15) is 8.78 Å². The van der Waals surface area contributed by atoms with Crippen molar-refractivity contribution in [1.82, 2.24) is 9.97 Å². The van der Waals surface area contributed by atoms with Gasteiger partial charge in [-0.3, -0.25) is 4.79 Å². The van der Waals surface area contributed by atoms with Gasteiger partial charge >= 0.3 is 5.92 Å². The highest BCUT2D eigenvalue weighted by Crippen LogP contribution is 2.43. The van der Waals surface area contributed by atoms with Crippen LogP contribution >= 0.6 is 23.2 Å². The lowest BCUT2D eigenvalue weighted by Crippen LogP contribution is -2.51. The molecule has 0 fully saturated rings. The summed E-state index contributed by atoms with van der Waals surface area (Å²) in [5, 5.41) is 2.50. The number of carbonyl (C=O) groups is 1. The topological polar surface area (TPSA) is 102 Å². The molecule has 3 heterocycles. The third-order valence-electron chi connectivity index (χ3n) is 4.02. The molecule has 1 aliphatic rings. The van der Waals surface area contributed by atoms with E-state index in [1.54, 1.807) is 0 Å². The Morgan fingerprint density at radius 3 is 2.75 bits per heavy atom. The SMILES string of the molecule is C[C@]1(c2nc(NC(=O)c3ncc(Cl)cc3Cl)ccc2F)N=C(N)OCC1(F)F. The molecular weight excluding hydrogens is 422 g/mol. The van der Waals surface area contributed by atoms with Crippen LogP contribution in [0.5, 0.6) is 0 Å². The number of ether oxygens (including phenoxy) is 1. The van der Waals surface area contributed by atoms with Crippen LogP contribution < -0.4 is 11.1 Å². The molecular formula is C16H12Cl2F3N5O2. The molecule has 3 rings (SSSR count). The molecule has 0 aromatic carbocycles. The number of aliphatic imine (C=N–C) groups is 1. The zero-order chi connectivity index (χ0) is 20.7. The molecule has 1 atom stereocenters. The van der Waals surface area contributed by atoms with Crippen molar-refractivity contribution in [2.45, 2.75) is 18.4 Å². The minimum atomic E-state index is -3.60. The number of alkyl halides is 2. The average Bonchev–Trinajstić information content (AvgIpc) is 2.60. The van der Waals surface area contributed by atoms with Crippen LogP contribution in [0.15, 0.2) is 29.4 Å². The monoisotopic (exact) mass is 433 g/mol. The largest absolute Gasteiger partial charge is 0.459 e. The fraction of sp³-hybridized carbons (Fsp3) is 0.250. The Kier molecular flexibility index (Phi) is 5.11. The van der Waals surface area contributed by atoms with Crippen molar-refractivity contribution in [2.75, 3.05) is 11.9 Å². The van der Waals surface area contributed by atoms with Crippen molar-refractivity contribution in [3.8, 4) is 0 Å². The van der Waals surface area contributed by atoms with Crippen molar-refractivity contribution in [1.29, 1.82) is 0 Å².